The minimum Gasteiger partial charge on any atom is -0.335 e. The summed E-state index contributed by atoms with van der Waals surface area (Å²) in [6.07, 6.45) is 10.3. The molecule has 5 nitrogen and oxygen atoms in total. The van der Waals surface area contributed by atoms with Crippen LogP contribution >= 0.6 is 24.0 Å². The SMILES string of the molecule is Cc1cncn1CCCN1C(=O)C2C(=NC1=S)SC1=C2CCCCC1. The van der Waals surface area contributed by atoms with Gasteiger partial charge >= 0.3 is 0 Å². The zero-order chi connectivity index (χ0) is 17.4. The maximum atomic E-state index is 13.1. The van der Waals surface area contributed by atoms with E-state index in [2.05, 4.69) is 14.5 Å². The number of thioether (sulfide) groups is 1. The van der Waals surface area contributed by atoms with Crippen LogP contribution in [0.5, 0.6) is 0 Å². The molecule has 0 fully saturated rings. The first kappa shape index (κ1) is 17.0. The normalized spacial score (nSPS) is 23.5. The van der Waals surface area contributed by atoms with Gasteiger partial charge in [0.2, 0.25) is 11.0 Å². The number of carbonyl (C=O) groups excluding carboxylic acids is 1. The number of aliphatic imine (C=N–C) groups is 1. The van der Waals surface area contributed by atoms with Crippen molar-refractivity contribution in [2.24, 2.45) is 10.9 Å². The summed E-state index contributed by atoms with van der Waals surface area (Å²) < 4.78 is 2.10. The molecule has 1 atom stereocenters. The maximum Gasteiger partial charge on any atom is 0.242 e. The Balaban J connectivity index is 1.47. The maximum absolute atomic E-state index is 13.1. The fourth-order valence-electron chi connectivity index (χ4n) is 3.81. The van der Waals surface area contributed by atoms with Crippen molar-refractivity contribution in [3.8, 4) is 0 Å². The fraction of sp³-hybridized carbons (Fsp3) is 0.556. The third kappa shape index (κ3) is 3.19. The minimum atomic E-state index is -0.153. The van der Waals surface area contributed by atoms with Gasteiger partial charge in [0.25, 0.3) is 0 Å². The molecule has 132 valence electrons. The van der Waals surface area contributed by atoms with Crippen LogP contribution in [0.15, 0.2) is 28.0 Å². The number of carbonyl (C=O) groups is 1. The van der Waals surface area contributed by atoms with Crippen molar-refractivity contribution < 1.29 is 4.79 Å². The Morgan fingerprint density at radius 1 is 1.28 bits per heavy atom. The summed E-state index contributed by atoms with van der Waals surface area (Å²) in [7, 11) is 0. The molecule has 0 aromatic carbocycles. The van der Waals surface area contributed by atoms with Gasteiger partial charge < -0.3 is 4.57 Å². The number of thiocarbonyl (C=S) groups is 1. The zero-order valence-electron chi connectivity index (χ0n) is 14.4. The molecule has 1 amide bonds. The molecule has 0 spiro atoms. The van der Waals surface area contributed by atoms with Gasteiger partial charge in [0.05, 0.1) is 11.4 Å². The number of imidazole rings is 1. The summed E-state index contributed by atoms with van der Waals surface area (Å²) in [5.74, 6) is -0.0171. The fourth-order valence-corrected chi connectivity index (χ4v) is 5.49. The molecule has 4 rings (SSSR count). The largest absolute Gasteiger partial charge is 0.335 e. The molecule has 3 heterocycles. The summed E-state index contributed by atoms with van der Waals surface area (Å²) in [5.41, 5.74) is 2.46. The van der Waals surface area contributed by atoms with E-state index in [1.54, 1.807) is 16.7 Å². The summed E-state index contributed by atoms with van der Waals surface area (Å²) in [6.45, 7) is 3.49. The van der Waals surface area contributed by atoms with Gasteiger partial charge in [0.1, 0.15) is 5.92 Å². The monoisotopic (exact) mass is 374 g/mol. The second kappa shape index (κ2) is 7.03. The summed E-state index contributed by atoms with van der Waals surface area (Å²) in [5, 5.41) is 1.35. The molecule has 0 N–H and O–H groups in total. The third-order valence-corrected chi connectivity index (χ3v) is 6.74. The first-order valence-corrected chi connectivity index (χ1v) is 10.2. The van der Waals surface area contributed by atoms with E-state index in [0.29, 0.717) is 11.7 Å². The molecule has 1 unspecified atom stereocenters. The van der Waals surface area contributed by atoms with Crippen molar-refractivity contribution in [3.05, 3.63) is 28.7 Å². The van der Waals surface area contributed by atoms with E-state index >= 15 is 0 Å². The molecular weight excluding hydrogens is 352 g/mol. The Bertz CT molecular complexity index is 780. The molecule has 1 aromatic rings. The zero-order valence-corrected chi connectivity index (χ0v) is 16.0. The van der Waals surface area contributed by atoms with E-state index in [0.717, 1.165) is 36.5 Å². The number of fused-ring (bicyclic) bond motifs is 2. The highest BCUT2D eigenvalue weighted by atomic mass is 32.2. The molecule has 0 saturated carbocycles. The van der Waals surface area contributed by atoms with Gasteiger partial charge in [-0.1, -0.05) is 18.2 Å². The number of rotatable bonds is 4. The lowest BCUT2D eigenvalue weighted by Gasteiger charge is -2.29. The second-order valence-electron chi connectivity index (χ2n) is 6.85. The van der Waals surface area contributed by atoms with Crippen LogP contribution in [-0.4, -0.2) is 37.1 Å². The number of aromatic nitrogens is 2. The van der Waals surface area contributed by atoms with E-state index in [9.17, 15) is 4.79 Å². The quantitative estimate of drug-likeness (QED) is 0.754. The Morgan fingerprint density at radius 3 is 2.92 bits per heavy atom. The Morgan fingerprint density at radius 2 is 2.12 bits per heavy atom. The van der Waals surface area contributed by atoms with Gasteiger partial charge in [0.15, 0.2) is 0 Å². The van der Waals surface area contributed by atoms with E-state index in [1.165, 1.54) is 29.7 Å². The lowest BCUT2D eigenvalue weighted by atomic mass is 9.93. The smallest absolute Gasteiger partial charge is 0.242 e. The van der Waals surface area contributed by atoms with Gasteiger partial charge in [-0.3, -0.25) is 9.69 Å². The summed E-state index contributed by atoms with van der Waals surface area (Å²) >= 11 is 7.13. The number of nitrogens with zero attached hydrogens (tertiary/aromatic N) is 4. The lowest BCUT2D eigenvalue weighted by Crippen LogP contribution is -2.46. The molecule has 1 aliphatic carbocycles. The van der Waals surface area contributed by atoms with Crippen molar-refractivity contribution in [2.75, 3.05) is 6.54 Å². The summed E-state index contributed by atoms with van der Waals surface area (Å²) in [4.78, 5) is 25.0. The van der Waals surface area contributed by atoms with Crippen LogP contribution in [-0.2, 0) is 11.3 Å². The first-order valence-electron chi connectivity index (χ1n) is 8.95. The molecule has 3 aliphatic rings. The van der Waals surface area contributed by atoms with Crippen molar-refractivity contribution in [3.63, 3.8) is 0 Å². The topological polar surface area (TPSA) is 50.5 Å². The highest BCUT2D eigenvalue weighted by Crippen LogP contribution is 2.47. The van der Waals surface area contributed by atoms with Crippen LogP contribution in [0.2, 0.25) is 0 Å². The predicted molar refractivity (Wildman–Crippen MR) is 105 cm³/mol. The number of hydrogen-bond donors (Lipinski definition) is 0. The van der Waals surface area contributed by atoms with Gasteiger partial charge in [-0.15, -0.1) is 0 Å². The van der Waals surface area contributed by atoms with Crippen LogP contribution in [0.4, 0.5) is 0 Å². The molecule has 7 heteroatoms. The minimum absolute atomic E-state index is 0.136. The summed E-state index contributed by atoms with van der Waals surface area (Å²) in [6, 6.07) is 0. The number of aryl methyl sites for hydroxylation is 2. The van der Waals surface area contributed by atoms with Crippen LogP contribution in [0.3, 0.4) is 0 Å². The lowest BCUT2D eigenvalue weighted by molar-refractivity contribution is -0.128. The molecule has 0 saturated heterocycles. The van der Waals surface area contributed by atoms with Crippen molar-refractivity contribution in [2.45, 2.75) is 52.0 Å². The third-order valence-electron chi connectivity index (χ3n) is 5.18. The van der Waals surface area contributed by atoms with E-state index in [4.69, 9.17) is 12.2 Å². The number of hydrogen-bond acceptors (Lipinski definition) is 4. The van der Waals surface area contributed by atoms with Crippen LogP contribution in [0.1, 0.15) is 44.2 Å². The van der Waals surface area contributed by atoms with Gasteiger partial charge in [-0.25, -0.2) is 9.98 Å². The van der Waals surface area contributed by atoms with Crippen molar-refractivity contribution in [1.29, 1.82) is 0 Å². The molecule has 0 bridgehead atoms. The average molecular weight is 375 g/mol. The molecule has 25 heavy (non-hydrogen) atoms. The molecule has 1 aromatic heterocycles. The Hall–Kier alpha value is -1.47. The number of allylic oxidation sites excluding steroid dienone is 1. The highest BCUT2D eigenvalue weighted by molar-refractivity contribution is 8.17. The van der Waals surface area contributed by atoms with Gasteiger partial charge in [0, 0.05) is 25.0 Å². The predicted octanol–water partition coefficient (Wildman–Crippen LogP) is 3.69. The molecule has 2 aliphatic heterocycles. The van der Waals surface area contributed by atoms with Crippen LogP contribution in [0.25, 0.3) is 0 Å². The standard InChI is InChI=1S/C18H22N4OS2/c1-12-10-19-11-21(12)8-5-9-22-17(23)15-13-6-3-2-4-7-14(13)25-16(15)20-18(22)24/h10-11,15H,2-9H2,1H3. The molecule has 0 radical (unpaired) electrons. The van der Waals surface area contributed by atoms with E-state index in [-0.39, 0.29) is 11.8 Å². The Kier molecular flexibility index (Phi) is 4.78. The van der Waals surface area contributed by atoms with Crippen molar-refractivity contribution in [1.82, 2.24) is 14.5 Å². The van der Waals surface area contributed by atoms with Crippen LogP contribution < -0.4 is 0 Å². The van der Waals surface area contributed by atoms with Gasteiger partial charge in [-0.05, 0) is 61.7 Å². The second-order valence-corrected chi connectivity index (χ2v) is 8.33. The first-order chi connectivity index (χ1) is 12.1. The van der Waals surface area contributed by atoms with Crippen LogP contribution in [0, 0.1) is 12.8 Å². The molecular formula is C18H22N4OS2. The number of amides is 1. The Labute approximate surface area is 157 Å². The highest BCUT2D eigenvalue weighted by Gasteiger charge is 2.43. The van der Waals surface area contributed by atoms with Crippen molar-refractivity contribution >= 4 is 40.0 Å². The average Bonchev–Trinajstić information content (AvgIpc) is 3.06. The van der Waals surface area contributed by atoms with Gasteiger partial charge in [-0.2, -0.15) is 0 Å². The van der Waals surface area contributed by atoms with E-state index in [1.807, 2.05) is 19.4 Å². The van der Waals surface area contributed by atoms with E-state index < -0.39 is 0 Å².